The number of hydrogen-bond donors (Lipinski definition) is 2. The fourth-order valence-electron chi connectivity index (χ4n) is 2.11. The summed E-state index contributed by atoms with van der Waals surface area (Å²) in [4.78, 5) is 16.2. The minimum absolute atomic E-state index is 0. The first-order chi connectivity index (χ1) is 11.8. The summed E-state index contributed by atoms with van der Waals surface area (Å²) in [5.41, 5.74) is 0.896. The molecule has 0 radical (unpaired) electrons. The van der Waals surface area contributed by atoms with E-state index in [1.54, 1.807) is 6.07 Å². The van der Waals surface area contributed by atoms with Gasteiger partial charge in [-0.15, -0.1) is 24.0 Å². The Morgan fingerprint density at radius 2 is 1.96 bits per heavy atom. The number of fused-ring (bicyclic) bond motifs is 1. The molecule has 0 aromatic heterocycles. The molecule has 1 aromatic carbocycles. The van der Waals surface area contributed by atoms with Gasteiger partial charge in [-0.05, 0) is 17.7 Å². The van der Waals surface area contributed by atoms with Crippen molar-refractivity contribution in [3.63, 3.8) is 0 Å². The first kappa shape index (κ1) is 22.1. The van der Waals surface area contributed by atoms with Gasteiger partial charge < -0.3 is 25.0 Å². The maximum absolute atomic E-state index is 12.3. The zero-order valence-corrected chi connectivity index (χ0v) is 16.6. The number of aliphatic imine (C=N–C) groups is 1. The minimum Gasteiger partial charge on any atom is -0.454 e. The lowest BCUT2D eigenvalue weighted by atomic mass is 10.2. The van der Waals surface area contributed by atoms with Gasteiger partial charge in [-0.3, -0.25) is 9.79 Å². The molecular weight excluding hydrogens is 468 g/mol. The smallest absolute Gasteiger partial charge is 0.406 e. The molecular formula is C15H20F3IN4O3. The van der Waals surface area contributed by atoms with Crippen LogP contribution in [0.4, 0.5) is 13.2 Å². The van der Waals surface area contributed by atoms with Crippen molar-refractivity contribution in [2.45, 2.75) is 12.7 Å². The number of rotatable bonds is 5. The van der Waals surface area contributed by atoms with E-state index in [0.29, 0.717) is 28.9 Å². The van der Waals surface area contributed by atoms with Crippen LogP contribution in [0.15, 0.2) is 23.2 Å². The van der Waals surface area contributed by atoms with Gasteiger partial charge in [0.25, 0.3) is 0 Å². The molecule has 0 spiro atoms. The molecule has 0 fully saturated rings. The second kappa shape index (κ2) is 9.69. The van der Waals surface area contributed by atoms with Gasteiger partial charge in [-0.25, -0.2) is 0 Å². The molecule has 0 unspecified atom stereocenters. The second-order valence-corrected chi connectivity index (χ2v) is 5.33. The Morgan fingerprint density at radius 3 is 2.62 bits per heavy atom. The molecule has 7 nitrogen and oxygen atoms in total. The van der Waals surface area contributed by atoms with Crippen LogP contribution in [0.1, 0.15) is 5.56 Å². The van der Waals surface area contributed by atoms with Gasteiger partial charge in [0, 0.05) is 20.6 Å². The van der Waals surface area contributed by atoms with Crippen LogP contribution >= 0.6 is 24.0 Å². The number of alkyl halides is 3. The lowest BCUT2D eigenvalue weighted by molar-refractivity contribution is -0.157. The van der Waals surface area contributed by atoms with Crippen molar-refractivity contribution in [2.24, 2.45) is 4.99 Å². The van der Waals surface area contributed by atoms with Gasteiger partial charge in [0.2, 0.25) is 12.7 Å². The topological polar surface area (TPSA) is 75.2 Å². The van der Waals surface area contributed by atoms with E-state index in [0.717, 1.165) is 12.6 Å². The Morgan fingerprint density at radius 1 is 1.27 bits per heavy atom. The summed E-state index contributed by atoms with van der Waals surface area (Å²) in [5.74, 6) is 0.922. The van der Waals surface area contributed by atoms with Gasteiger partial charge in [-0.2, -0.15) is 13.2 Å². The van der Waals surface area contributed by atoms with Gasteiger partial charge in [-0.1, -0.05) is 6.07 Å². The summed E-state index contributed by atoms with van der Waals surface area (Å²) in [6, 6.07) is 5.44. The van der Waals surface area contributed by atoms with Crippen molar-refractivity contribution in [3.05, 3.63) is 23.8 Å². The fraction of sp³-hybridized carbons (Fsp3) is 0.467. The van der Waals surface area contributed by atoms with Gasteiger partial charge in [0.05, 0.1) is 6.54 Å². The molecule has 0 atom stereocenters. The molecule has 0 bridgehead atoms. The number of amides is 1. The highest BCUT2D eigenvalue weighted by molar-refractivity contribution is 14.0. The highest BCUT2D eigenvalue weighted by Crippen LogP contribution is 2.32. The van der Waals surface area contributed by atoms with Gasteiger partial charge >= 0.3 is 6.18 Å². The Labute approximate surface area is 165 Å². The summed E-state index contributed by atoms with van der Waals surface area (Å²) < 4.78 is 47.3. The van der Waals surface area contributed by atoms with Crippen LogP contribution in [0.5, 0.6) is 11.5 Å². The van der Waals surface area contributed by atoms with Crippen LogP contribution in [-0.2, 0) is 11.3 Å². The van der Waals surface area contributed by atoms with Crippen LogP contribution in [0, 0.1) is 0 Å². The van der Waals surface area contributed by atoms with E-state index in [4.69, 9.17) is 9.47 Å². The van der Waals surface area contributed by atoms with Gasteiger partial charge in [0.15, 0.2) is 17.5 Å². The molecule has 1 heterocycles. The van der Waals surface area contributed by atoms with E-state index >= 15 is 0 Å². The zero-order valence-electron chi connectivity index (χ0n) is 14.2. The number of nitrogens with zero attached hydrogens (tertiary/aromatic N) is 2. The maximum Gasteiger partial charge on any atom is 0.406 e. The summed E-state index contributed by atoms with van der Waals surface area (Å²) in [6.07, 6.45) is -4.43. The number of halogens is 4. The summed E-state index contributed by atoms with van der Waals surface area (Å²) >= 11 is 0. The van der Waals surface area contributed by atoms with Crippen molar-refractivity contribution >= 4 is 35.8 Å². The van der Waals surface area contributed by atoms with E-state index < -0.39 is 18.6 Å². The van der Waals surface area contributed by atoms with Crippen molar-refractivity contribution in [1.82, 2.24) is 15.5 Å². The van der Waals surface area contributed by atoms with Crippen LogP contribution in [0.3, 0.4) is 0 Å². The third-order valence-electron chi connectivity index (χ3n) is 3.37. The van der Waals surface area contributed by atoms with Crippen LogP contribution in [0.25, 0.3) is 0 Å². The largest absolute Gasteiger partial charge is 0.454 e. The summed E-state index contributed by atoms with van der Waals surface area (Å²) in [5, 5.41) is 5.65. The number of carbonyl (C=O) groups excluding carboxylic acids is 1. The van der Waals surface area contributed by atoms with Gasteiger partial charge in [0.1, 0.15) is 6.54 Å². The van der Waals surface area contributed by atoms with E-state index in [-0.39, 0.29) is 37.3 Å². The monoisotopic (exact) mass is 488 g/mol. The Hall–Kier alpha value is -1.92. The molecule has 0 saturated carbocycles. The van der Waals surface area contributed by atoms with Crippen molar-refractivity contribution in [1.29, 1.82) is 0 Å². The number of hydrogen-bond acceptors (Lipinski definition) is 4. The third-order valence-corrected chi connectivity index (χ3v) is 3.37. The summed E-state index contributed by atoms with van der Waals surface area (Å²) in [7, 11) is 2.60. The summed E-state index contributed by atoms with van der Waals surface area (Å²) in [6.45, 7) is -1.02. The maximum atomic E-state index is 12.3. The SMILES string of the molecule is CN=C(NCC(=O)N(C)CC(F)(F)F)NCc1ccc2c(c1)OCO2.I. The van der Waals surface area contributed by atoms with E-state index in [1.165, 1.54) is 7.05 Å². The van der Waals surface area contributed by atoms with Crippen LogP contribution in [0.2, 0.25) is 0 Å². The number of guanidine groups is 1. The highest BCUT2D eigenvalue weighted by atomic mass is 127. The highest BCUT2D eigenvalue weighted by Gasteiger charge is 2.31. The molecule has 1 aliphatic heterocycles. The van der Waals surface area contributed by atoms with Crippen molar-refractivity contribution < 1.29 is 27.4 Å². The van der Waals surface area contributed by atoms with Crippen molar-refractivity contribution in [3.8, 4) is 11.5 Å². The number of ether oxygens (including phenoxy) is 2. The second-order valence-electron chi connectivity index (χ2n) is 5.33. The Bertz CT molecular complexity index is 656. The lowest BCUT2D eigenvalue weighted by Crippen LogP contribution is -2.45. The average molecular weight is 488 g/mol. The van der Waals surface area contributed by atoms with E-state index in [1.807, 2.05) is 12.1 Å². The average Bonchev–Trinajstić information content (AvgIpc) is 3.00. The first-order valence-corrected chi connectivity index (χ1v) is 7.42. The number of benzene rings is 1. The molecule has 11 heteroatoms. The fourth-order valence-corrected chi connectivity index (χ4v) is 2.11. The molecule has 1 amide bonds. The Kier molecular flexibility index (Phi) is 8.24. The molecule has 0 aliphatic carbocycles. The van der Waals surface area contributed by atoms with E-state index in [9.17, 15) is 18.0 Å². The molecule has 1 aromatic rings. The third kappa shape index (κ3) is 6.77. The Balaban J connectivity index is 0.00000338. The first-order valence-electron chi connectivity index (χ1n) is 7.42. The predicted octanol–water partition coefficient (Wildman–Crippen LogP) is 1.72. The quantitative estimate of drug-likeness (QED) is 0.375. The molecule has 1 aliphatic rings. The molecule has 146 valence electrons. The number of nitrogens with one attached hydrogen (secondary N) is 2. The number of likely N-dealkylation sites (N-methyl/N-ethyl adjacent to an activating group) is 1. The number of carbonyl (C=O) groups is 1. The zero-order chi connectivity index (χ0) is 18.4. The van der Waals surface area contributed by atoms with Crippen LogP contribution in [-0.4, -0.2) is 56.9 Å². The lowest BCUT2D eigenvalue weighted by Gasteiger charge is -2.20. The standard InChI is InChI=1S/C15H19F3N4O3.HI/c1-19-14(21-7-13(23)22(2)8-15(16,17)18)20-6-10-3-4-11-12(5-10)25-9-24-11;/h3-5H,6-9H2,1-2H3,(H2,19,20,21);1H. The molecule has 0 saturated heterocycles. The molecule has 2 N–H and O–H groups in total. The van der Waals surface area contributed by atoms with Crippen molar-refractivity contribution in [2.75, 3.05) is 34.0 Å². The van der Waals surface area contributed by atoms with E-state index in [2.05, 4.69) is 15.6 Å². The predicted molar refractivity (Wildman–Crippen MR) is 99.9 cm³/mol. The normalized spacial score (nSPS) is 13.0. The molecule has 2 rings (SSSR count). The molecule has 26 heavy (non-hydrogen) atoms. The minimum atomic E-state index is -4.43. The van der Waals surface area contributed by atoms with Crippen LogP contribution < -0.4 is 20.1 Å².